The summed E-state index contributed by atoms with van der Waals surface area (Å²) in [7, 11) is -4.09. The summed E-state index contributed by atoms with van der Waals surface area (Å²) in [6, 6.07) is 5.57. The molecule has 0 heterocycles. The van der Waals surface area contributed by atoms with Crippen LogP contribution in [0, 0.1) is 0 Å². The van der Waals surface area contributed by atoms with Crippen molar-refractivity contribution in [1.82, 2.24) is 0 Å². The fraction of sp³-hybridized carbons (Fsp3) is 0.250. The van der Waals surface area contributed by atoms with E-state index in [4.69, 9.17) is 9.29 Å². The van der Waals surface area contributed by atoms with Crippen molar-refractivity contribution in [2.45, 2.75) is 11.8 Å². The van der Waals surface area contributed by atoms with E-state index in [0.29, 0.717) is 12.4 Å². The van der Waals surface area contributed by atoms with Crippen molar-refractivity contribution in [3.8, 4) is 5.75 Å². The Bertz CT molecular complexity index is 371. The van der Waals surface area contributed by atoms with Crippen LogP contribution in [-0.2, 0) is 32.5 Å². The van der Waals surface area contributed by atoms with E-state index in [1.165, 1.54) is 24.3 Å². The van der Waals surface area contributed by atoms with Crippen LogP contribution in [0.5, 0.6) is 5.75 Å². The minimum absolute atomic E-state index is 0. The van der Waals surface area contributed by atoms with Crippen LogP contribution in [0.3, 0.4) is 0 Å². The molecule has 1 N–H and O–H groups in total. The second-order valence-corrected chi connectivity index (χ2v) is 3.80. The van der Waals surface area contributed by atoms with Gasteiger partial charge in [0.15, 0.2) is 0 Å². The molecule has 1 radical (unpaired) electrons. The van der Waals surface area contributed by atoms with E-state index in [1.807, 2.05) is 6.92 Å². The third-order valence-electron chi connectivity index (χ3n) is 1.43. The van der Waals surface area contributed by atoms with Crippen LogP contribution in [-0.4, -0.2) is 19.6 Å². The zero-order valence-corrected chi connectivity index (χ0v) is 9.70. The molecule has 0 unspecified atom stereocenters. The summed E-state index contributed by atoms with van der Waals surface area (Å²) in [6.45, 7) is 2.35. The van der Waals surface area contributed by atoms with Gasteiger partial charge in [-0.05, 0) is 31.2 Å². The first-order chi connectivity index (χ1) is 6.04. The van der Waals surface area contributed by atoms with Gasteiger partial charge < -0.3 is 4.74 Å². The van der Waals surface area contributed by atoms with Crippen LogP contribution < -0.4 is 4.74 Å². The third kappa shape index (κ3) is 3.81. The van der Waals surface area contributed by atoms with E-state index in [2.05, 4.69) is 0 Å². The van der Waals surface area contributed by atoms with Gasteiger partial charge in [-0.15, -0.1) is 0 Å². The van der Waals surface area contributed by atoms with Crippen LogP contribution in [0.25, 0.3) is 0 Å². The van der Waals surface area contributed by atoms with E-state index in [-0.39, 0.29) is 27.3 Å². The van der Waals surface area contributed by atoms with Crippen LogP contribution >= 0.6 is 0 Å². The number of hydrogen-bond donors (Lipinski definition) is 1. The maximum atomic E-state index is 10.6. The Morgan fingerprint density at radius 1 is 1.29 bits per heavy atom. The molecule has 0 bridgehead atoms. The van der Waals surface area contributed by atoms with Gasteiger partial charge in [-0.25, -0.2) is 0 Å². The first-order valence-electron chi connectivity index (χ1n) is 3.74. The van der Waals surface area contributed by atoms with Crippen molar-refractivity contribution in [3.05, 3.63) is 24.3 Å². The van der Waals surface area contributed by atoms with Crippen molar-refractivity contribution in [1.29, 1.82) is 0 Å². The summed E-state index contributed by atoms with van der Waals surface area (Å²) in [5.41, 5.74) is 0. The second kappa shape index (κ2) is 5.53. The summed E-state index contributed by atoms with van der Waals surface area (Å²) in [4.78, 5) is -0.129. The summed E-state index contributed by atoms with van der Waals surface area (Å²) in [5, 5.41) is 0. The third-order valence-corrected chi connectivity index (χ3v) is 2.30. The monoisotopic (exact) mass is 309 g/mol. The van der Waals surface area contributed by atoms with Crippen LogP contribution in [0.15, 0.2) is 29.2 Å². The van der Waals surface area contributed by atoms with E-state index >= 15 is 0 Å². The molecule has 0 aromatic heterocycles. The van der Waals surface area contributed by atoms with Gasteiger partial charge >= 0.3 is 0 Å². The zero-order valence-electron chi connectivity index (χ0n) is 7.40. The van der Waals surface area contributed by atoms with Gasteiger partial charge in [-0.1, -0.05) is 0 Å². The second-order valence-electron chi connectivity index (χ2n) is 2.38. The van der Waals surface area contributed by atoms with Gasteiger partial charge in [0.25, 0.3) is 10.1 Å². The first-order valence-corrected chi connectivity index (χ1v) is 5.18. The zero-order chi connectivity index (χ0) is 9.90. The minimum Gasteiger partial charge on any atom is -0.494 e. The Hall–Kier alpha value is -0.330. The van der Waals surface area contributed by atoms with Gasteiger partial charge in [0.05, 0.1) is 11.5 Å². The van der Waals surface area contributed by atoms with Crippen molar-refractivity contribution in [3.63, 3.8) is 0 Å². The van der Waals surface area contributed by atoms with Crippen molar-refractivity contribution >= 4 is 10.1 Å². The first kappa shape index (κ1) is 13.7. The molecule has 1 aromatic rings. The molecular weight excluding hydrogens is 300 g/mol. The number of ether oxygens (including phenoxy) is 1. The summed E-state index contributed by atoms with van der Waals surface area (Å²) in [6.07, 6.45) is 0. The van der Waals surface area contributed by atoms with Crippen molar-refractivity contribution < 1.29 is 40.1 Å². The minimum atomic E-state index is -4.09. The topological polar surface area (TPSA) is 63.6 Å². The SMILES string of the molecule is CCOc1ccc(S(=O)(=O)O)cc1.[Ag]. The predicted molar refractivity (Wildman–Crippen MR) is 47.4 cm³/mol. The summed E-state index contributed by atoms with van der Waals surface area (Å²) in [5.74, 6) is 0.579. The Morgan fingerprint density at radius 2 is 1.79 bits per heavy atom. The van der Waals surface area contributed by atoms with Crippen molar-refractivity contribution in [2.75, 3.05) is 6.61 Å². The predicted octanol–water partition coefficient (Wildman–Crippen LogP) is 1.33. The summed E-state index contributed by atoms with van der Waals surface area (Å²) >= 11 is 0. The van der Waals surface area contributed by atoms with Gasteiger partial charge in [0.1, 0.15) is 5.75 Å². The van der Waals surface area contributed by atoms with Gasteiger partial charge in [0, 0.05) is 22.4 Å². The van der Waals surface area contributed by atoms with E-state index in [1.54, 1.807) is 0 Å². The Kier molecular flexibility index (Phi) is 5.40. The molecule has 4 nitrogen and oxygen atoms in total. The molecule has 1 aromatic carbocycles. The number of benzene rings is 1. The van der Waals surface area contributed by atoms with Gasteiger partial charge in [-0.3, -0.25) is 4.55 Å². The molecule has 14 heavy (non-hydrogen) atoms. The summed E-state index contributed by atoms with van der Waals surface area (Å²) < 4.78 is 35.0. The molecule has 0 aliphatic rings. The molecule has 83 valence electrons. The largest absolute Gasteiger partial charge is 0.494 e. The quantitative estimate of drug-likeness (QED) is 0.676. The van der Waals surface area contributed by atoms with E-state index in [9.17, 15) is 8.42 Å². The fourth-order valence-electron chi connectivity index (χ4n) is 0.875. The molecule has 0 atom stereocenters. The number of rotatable bonds is 3. The van der Waals surface area contributed by atoms with E-state index in [0.717, 1.165) is 0 Å². The molecule has 1 rings (SSSR count). The molecule has 0 fully saturated rings. The molecule has 0 saturated carbocycles. The van der Waals surface area contributed by atoms with Crippen LogP contribution in [0.4, 0.5) is 0 Å². The van der Waals surface area contributed by atoms with Crippen LogP contribution in [0.2, 0.25) is 0 Å². The smallest absolute Gasteiger partial charge is 0.294 e. The van der Waals surface area contributed by atoms with Crippen molar-refractivity contribution in [2.24, 2.45) is 0 Å². The Morgan fingerprint density at radius 3 is 2.14 bits per heavy atom. The molecule has 0 aliphatic heterocycles. The Labute approximate surface area is 98.5 Å². The fourth-order valence-corrected chi connectivity index (χ4v) is 1.35. The number of hydrogen-bond acceptors (Lipinski definition) is 3. The van der Waals surface area contributed by atoms with Gasteiger partial charge in [-0.2, -0.15) is 8.42 Å². The standard InChI is InChI=1S/C8H10O4S.Ag/c1-2-12-7-3-5-8(6-4-7)13(9,10)11;/h3-6H,2H2,1H3,(H,9,10,11);. The molecule has 0 amide bonds. The maximum Gasteiger partial charge on any atom is 0.294 e. The molecule has 0 spiro atoms. The molecular formula is C8H10AgO4S. The molecule has 0 saturated heterocycles. The average Bonchev–Trinajstić information content (AvgIpc) is 2.04. The molecule has 6 heteroatoms. The van der Waals surface area contributed by atoms with Gasteiger partial charge in [0.2, 0.25) is 0 Å². The normalized spacial score (nSPS) is 10.4. The average molecular weight is 310 g/mol. The van der Waals surface area contributed by atoms with Crippen LogP contribution in [0.1, 0.15) is 6.92 Å². The molecule has 0 aliphatic carbocycles. The maximum absolute atomic E-state index is 10.6. The van der Waals surface area contributed by atoms with E-state index < -0.39 is 10.1 Å². The Balaban J connectivity index is 0.00000169.